The van der Waals surface area contributed by atoms with Gasteiger partial charge in [-0.2, -0.15) is 0 Å². The third kappa shape index (κ3) is 1.97. The van der Waals surface area contributed by atoms with Crippen molar-refractivity contribution in [3.8, 4) is 0 Å². The molecule has 0 aliphatic carbocycles. The molecular weight excluding hydrogens is 174 g/mol. The molecule has 1 atom stereocenters. The van der Waals surface area contributed by atoms with Gasteiger partial charge >= 0.3 is 0 Å². The van der Waals surface area contributed by atoms with Crippen LogP contribution in [0.15, 0.2) is 24.3 Å². The fourth-order valence-corrected chi connectivity index (χ4v) is 1.05. The van der Waals surface area contributed by atoms with Crippen molar-refractivity contribution in [2.45, 2.75) is 12.5 Å². The van der Waals surface area contributed by atoms with Crippen LogP contribution in [0, 0.1) is 0 Å². The Balaban J connectivity index is 2.96. The summed E-state index contributed by atoms with van der Waals surface area (Å²) in [4.78, 5) is 0. The number of halogens is 1. The summed E-state index contributed by atoms with van der Waals surface area (Å²) in [7, 11) is 0. The van der Waals surface area contributed by atoms with Crippen molar-refractivity contribution in [2.75, 3.05) is 6.61 Å². The minimum Gasteiger partial charge on any atom is -0.394 e. The second kappa shape index (κ2) is 3.44. The molecule has 3 N–H and O–H groups in total. The highest BCUT2D eigenvalue weighted by atomic mass is 35.5. The standard InChI is InChI=1S/C9H12ClNO/c1-9(11,6-12)7-2-4-8(10)5-3-7/h2-5,12H,6,11H2,1H3. The highest BCUT2D eigenvalue weighted by Crippen LogP contribution is 2.19. The topological polar surface area (TPSA) is 46.2 Å². The molecule has 1 rings (SSSR count). The molecule has 1 aromatic carbocycles. The van der Waals surface area contributed by atoms with E-state index in [4.69, 9.17) is 22.4 Å². The van der Waals surface area contributed by atoms with Gasteiger partial charge in [-0.1, -0.05) is 23.7 Å². The van der Waals surface area contributed by atoms with Gasteiger partial charge in [0.25, 0.3) is 0 Å². The van der Waals surface area contributed by atoms with Gasteiger partial charge in [-0.3, -0.25) is 0 Å². The first-order valence-corrected chi connectivity index (χ1v) is 4.10. The van der Waals surface area contributed by atoms with Gasteiger partial charge in [-0.25, -0.2) is 0 Å². The Morgan fingerprint density at radius 2 is 1.92 bits per heavy atom. The van der Waals surface area contributed by atoms with Gasteiger partial charge in [-0.15, -0.1) is 0 Å². The van der Waals surface area contributed by atoms with Crippen LogP contribution in [0.3, 0.4) is 0 Å². The Morgan fingerprint density at radius 3 is 2.33 bits per heavy atom. The van der Waals surface area contributed by atoms with E-state index >= 15 is 0 Å². The number of hydrogen-bond donors (Lipinski definition) is 2. The van der Waals surface area contributed by atoms with Crippen LogP contribution in [-0.2, 0) is 5.54 Å². The number of benzene rings is 1. The van der Waals surface area contributed by atoms with Crippen LogP contribution in [-0.4, -0.2) is 11.7 Å². The minimum atomic E-state index is -0.676. The Bertz CT molecular complexity index is 256. The first-order valence-electron chi connectivity index (χ1n) is 3.72. The highest BCUT2D eigenvalue weighted by Gasteiger charge is 2.18. The molecule has 0 heterocycles. The van der Waals surface area contributed by atoms with Gasteiger partial charge in [0, 0.05) is 5.02 Å². The molecule has 0 aliphatic rings. The quantitative estimate of drug-likeness (QED) is 0.734. The van der Waals surface area contributed by atoms with Gasteiger partial charge in [0.1, 0.15) is 0 Å². The lowest BCUT2D eigenvalue weighted by Crippen LogP contribution is -2.36. The predicted molar refractivity (Wildman–Crippen MR) is 50.1 cm³/mol. The second-order valence-corrected chi connectivity index (χ2v) is 3.52. The largest absolute Gasteiger partial charge is 0.394 e. The van der Waals surface area contributed by atoms with Crippen LogP contribution in [0.4, 0.5) is 0 Å². The number of aliphatic hydroxyl groups is 1. The lowest BCUT2D eigenvalue weighted by atomic mass is 9.94. The number of aliphatic hydroxyl groups excluding tert-OH is 1. The molecule has 1 aromatic rings. The maximum atomic E-state index is 8.96. The van der Waals surface area contributed by atoms with Gasteiger partial charge < -0.3 is 10.8 Å². The summed E-state index contributed by atoms with van der Waals surface area (Å²) in [5.74, 6) is 0. The minimum absolute atomic E-state index is 0.0748. The number of nitrogens with two attached hydrogens (primary N) is 1. The third-order valence-corrected chi connectivity index (χ3v) is 2.08. The van der Waals surface area contributed by atoms with Crippen molar-refractivity contribution >= 4 is 11.6 Å². The summed E-state index contributed by atoms with van der Waals surface area (Å²) >= 11 is 5.70. The fraction of sp³-hybridized carbons (Fsp3) is 0.333. The zero-order valence-corrected chi connectivity index (χ0v) is 7.67. The van der Waals surface area contributed by atoms with Crippen molar-refractivity contribution in [3.63, 3.8) is 0 Å². The highest BCUT2D eigenvalue weighted by molar-refractivity contribution is 6.30. The summed E-state index contributed by atoms with van der Waals surface area (Å²) in [5.41, 5.74) is 6.00. The zero-order valence-electron chi connectivity index (χ0n) is 6.92. The van der Waals surface area contributed by atoms with Crippen LogP contribution >= 0.6 is 11.6 Å². The van der Waals surface area contributed by atoms with Gasteiger partial charge in [0.2, 0.25) is 0 Å². The molecular formula is C9H12ClNO. The molecule has 66 valence electrons. The molecule has 0 aliphatic heterocycles. The first-order chi connectivity index (χ1) is 5.56. The molecule has 2 nitrogen and oxygen atoms in total. The van der Waals surface area contributed by atoms with E-state index in [9.17, 15) is 0 Å². The Hall–Kier alpha value is -0.570. The third-order valence-electron chi connectivity index (χ3n) is 1.83. The van der Waals surface area contributed by atoms with Gasteiger partial charge in [0.15, 0.2) is 0 Å². The lowest BCUT2D eigenvalue weighted by Gasteiger charge is -2.21. The zero-order chi connectivity index (χ0) is 9.19. The fourth-order valence-electron chi connectivity index (χ4n) is 0.922. The van der Waals surface area contributed by atoms with Gasteiger partial charge in [0.05, 0.1) is 12.1 Å². The van der Waals surface area contributed by atoms with Gasteiger partial charge in [-0.05, 0) is 24.6 Å². The molecule has 1 unspecified atom stereocenters. The van der Waals surface area contributed by atoms with Crippen molar-refractivity contribution in [1.82, 2.24) is 0 Å². The molecule has 3 heteroatoms. The van der Waals surface area contributed by atoms with Crippen LogP contribution in [0.25, 0.3) is 0 Å². The Morgan fingerprint density at radius 1 is 1.42 bits per heavy atom. The molecule has 0 fully saturated rings. The van der Waals surface area contributed by atoms with E-state index in [1.165, 1.54) is 0 Å². The smallest absolute Gasteiger partial charge is 0.0650 e. The molecule has 0 radical (unpaired) electrons. The number of rotatable bonds is 2. The molecule has 0 saturated carbocycles. The van der Waals surface area contributed by atoms with Crippen molar-refractivity contribution in [3.05, 3.63) is 34.9 Å². The lowest BCUT2D eigenvalue weighted by molar-refractivity contribution is 0.210. The van der Waals surface area contributed by atoms with Crippen molar-refractivity contribution in [1.29, 1.82) is 0 Å². The maximum absolute atomic E-state index is 8.96. The Labute approximate surface area is 77.0 Å². The van der Waals surface area contributed by atoms with E-state index in [0.717, 1.165) is 5.56 Å². The number of hydrogen-bond acceptors (Lipinski definition) is 2. The molecule has 0 amide bonds. The van der Waals surface area contributed by atoms with Crippen LogP contribution in [0.1, 0.15) is 12.5 Å². The average molecular weight is 186 g/mol. The average Bonchev–Trinajstić information content (AvgIpc) is 2.05. The maximum Gasteiger partial charge on any atom is 0.0650 e. The van der Waals surface area contributed by atoms with E-state index in [1.807, 2.05) is 12.1 Å². The van der Waals surface area contributed by atoms with Crippen LogP contribution in [0.2, 0.25) is 5.02 Å². The summed E-state index contributed by atoms with van der Waals surface area (Å²) in [6, 6.07) is 7.16. The van der Waals surface area contributed by atoms with Crippen molar-refractivity contribution < 1.29 is 5.11 Å². The van der Waals surface area contributed by atoms with E-state index in [2.05, 4.69) is 0 Å². The summed E-state index contributed by atoms with van der Waals surface area (Å²) < 4.78 is 0. The van der Waals surface area contributed by atoms with E-state index < -0.39 is 5.54 Å². The monoisotopic (exact) mass is 185 g/mol. The van der Waals surface area contributed by atoms with Crippen molar-refractivity contribution in [2.24, 2.45) is 5.73 Å². The molecule has 0 bridgehead atoms. The van der Waals surface area contributed by atoms with E-state index in [1.54, 1.807) is 19.1 Å². The first kappa shape index (κ1) is 9.52. The second-order valence-electron chi connectivity index (χ2n) is 3.08. The molecule has 0 saturated heterocycles. The predicted octanol–water partition coefficient (Wildman–Crippen LogP) is 1.51. The normalized spacial score (nSPS) is 15.7. The van der Waals surface area contributed by atoms with E-state index in [0.29, 0.717) is 5.02 Å². The summed E-state index contributed by atoms with van der Waals surface area (Å²) in [5, 5.41) is 9.63. The summed E-state index contributed by atoms with van der Waals surface area (Å²) in [6.07, 6.45) is 0. The van der Waals surface area contributed by atoms with E-state index in [-0.39, 0.29) is 6.61 Å². The van der Waals surface area contributed by atoms with Crippen LogP contribution in [0.5, 0.6) is 0 Å². The molecule has 0 aromatic heterocycles. The SMILES string of the molecule is CC(N)(CO)c1ccc(Cl)cc1. The molecule has 0 spiro atoms. The van der Waals surface area contributed by atoms with Crippen LogP contribution < -0.4 is 5.73 Å². The Kier molecular flexibility index (Phi) is 2.73. The molecule has 12 heavy (non-hydrogen) atoms. The summed E-state index contributed by atoms with van der Waals surface area (Å²) in [6.45, 7) is 1.70.